The number of hydrogen-bond acceptors (Lipinski definition) is 1. The lowest BCUT2D eigenvalue weighted by molar-refractivity contribution is 0.611. The van der Waals surface area contributed by atoms with Crippen molar-refractivity contribution in [1.29, 1.82) is 0 Å². The molecule has 15 heavy (non-hydrogen) atoms. The Bertz CT molecular complexity index is 358. The monoisotopic (exact) mass is 223 g/mol. The normalized spacial score (nSPS) is 12.5. The summed E-state index contributed by atoms with van der Waals surface area (Å²) in [6.07, 6.45) is 0. The zero-order valence-corrected chi connectivity index (χ0v) is 10.4. The molecule has 1 atom stereocenters. The van der Waals surface area contributed by atoms with Gasteiger partial charge in [0.15, 0.2) is 0 Å². The highest BCUT2D eigenvalue weighted by Crippen LogP contribution is 2.18. The smallest absolute Gasteiger partial charge is 0.0313 e. The van der Waals surface area contributed by atoms with E-state index in [0.717, 1.165) is 0 Å². The fourth-order valence-electron chi connectivity index (χ4n) is 1.60. The predicted molar refractivity (Wildman–Crippen MR) is 67.3 cm³/mol. The van der Waals surface area contributed by atoms with Crippen molar-refractivity contribution < 1.29 is 0 Å². The molecule has 1 aromatic carbocycles. The zero-order chi connectivity index (χ0) is 11.4. The van der Waals surface area contributed by atoms with Crippen molar-refractivity contribution in [2.24, 2.45) is 0 Å². The lowest BCUT2D eigenvalue weighted by Crippen LogP contribution is -2.20. The Morgan fingerprint density at radius 1 is 1.47 bits per heavy atom. The molecule has 0 aliphatic carbocycles. The van der Waals surface area contributed by atoms with Crippen molar-refractivity contribution in [3.8, 4) is 0 Å². The third kappa shape index (κ3) is 3.69. The molecular weight excluding hydrogens is 206 g/mol. The largest absolute Gasteiger partial charge is 0.305 e. The molecule has 0 aliphatic heterocycles. The third-order valence-electron chi connectivity index (χ3n) is 2.50. The van der Waals surface area contributed by atoms with Gasteiger partial charge in [0, 0.05) is 17.6 Å². The minimum Gasteiger partial charge on any atom is -0.305 e. The van der Waals surface area contributed by atoms with Gasteiger partial charge in [0.1, 0.15) is 0 Å². The van der Waals surface area contributed by atoms with E-state index in [-0.39, 0.29) is 0 Å². The van der Waals surface area contributed by atoms with Gasteiger partial charge in [-0.3, -0.25) is 0 Å². The highest BCUT2D eigenvalue weighted by molar-refractivity contribution is 6.29. The number of halogens is 1. The maximum atomic E-state index is 5.72. The van der Waals surface area contributed by atoms with Crippen LogP contribution in [0.4, 0.5) is 0 Å². The topological polar surface area (TPSA) is 12.0 Å². The molecule has 0 aliphatic rings. The van der Waals surface area contributed by atoms with Crippen molar-refractivity contribution in [3.63, 3.8) is 0 Å². The summed E-state index contributed by atoms with van der Waals surface area (Å²) in [6.45, 7) is 10.7. The molecule has 1 unspecified atom stereocenters. The summed E-state index contributed by atoms with van der Waals surface area (Å²) in [7, 11) is 0. The van der Waals surface area contributed by atoms with Crippen LogP contribution in [0, 0.1) is 13.8 Å². The van der Waals surface area contributed by atoms with E-state index in [9.17, 15) is 0 Å². The molecule has 1 N–H and O–H groups in total. The van der Waals surface area contributed by atoms with E-state index in [0.29, 0.717) is 17.6 Å². The second-order valence-electron chi connectivity index (χ2n) is 3.98. The molecule has 1 aromatic rings. The molecule has 0 heterocycles. The molecule has 0 saturated heterocycles. The first kappa shape index (κ1) is 12.3. The van der Waals surface area contributed by atoms with Gasteiger partial charge in [0.2, 0.25) is 0 Å². The van der Waals surface area contributed by atoms with E-state index in [1.807, 2.05) is 0 Å². The molecule has 1 nitrogen and oxygen atoms in total. The standard InChI is InChI=1S/C13H18ClN/c1-9-5-6-10(2)13(7-9)12(4)15-8-11(3)14/h5-7,12,15H,3,8H2,1-2,4H3. The second kappa shape index (κ2) is 5.34. The Hall–Kier alpha value is -0.790. The van der Waals surface area contributed by atoms with Gasteiger partial charge in [-0.15, -0.1) is 0 Å². The van der Waals surface area contributed by atoms with Crippen molar-refractivity contribution in [3.05, 3.63) is 46.5 Å². The lowest BCUT2D eigenvalue weighted by atomic mass is 10.00. The SMILES string of the molecule is C=C(Cl)CNC(C)c1cc(C)ccc1C. The fourth-order valence-corrected chi connectivity index (χ4v) is 1.68. The second-order valence-corrected chi connectivity index (χ2v) is 4.51. The van der Waals surface area contributed by atoms with E-state index >= 15 is 0 Å². The van der Waals surface area contributed by atoms with Crippen molar-refractivity contribution >= 4 is 11.6 Å². The van der Waals surface area contributed by atoms with Gasteiger partial charge in [-0.2, -0.15) is 0 Å². The van der Waals surface area contributed by atoms with Crippen LogP contribution in [-0.2, 0) is 0 Å². The van der Waals surface area contributed by atoms with Gasteiger partial charge in [-0.05, 0) is 31.9 Å². The van der Waals surface area contributed by atoms with Crippen molar-refractivity contribution in [2.75, 3.05) is 6.54 Å². The molecular formula is C13H18ClN. The molecule has 0 bridgehead atoms. The maximum Gasteiger partial charge on any atom is 0.0313 e. The number of rotatable bonds is 4. The van der Waals surface area contributed by atoms with Gasteiger partial charge in [0.05, 0.1) is 0 Å². The summed E-state index contributed by atoms with van der Waals surface area (Å²) in [5.74, 6) is 0. The first-order valence-electron chi connectivity index (χ1n) is 5.14. The molecule has 0 fully saturated rings. The lowest BCUT2D eigenvalue weighted by Gasteiger charge is -2.16. The third-order valence-corrected chi connectivity index (χ3v) is 2.63. The van der Waals surface area contributed by atoms with Crippen molar-refractivity contribution in [1.82, 2.24) is 5.32 Å². The quantitative estimate of drug-likeness (QED) is 0.821. The number of benzene rings is 1. The summed E-state index contributed by atoms with van der Waals surface area (Å²) in [4.78, 5) is 0. The Labute approximate surface area is 97.1 Å². The predicted octanol–water partition coefficient (Wildman–Crippen LogP) is 3.71. The minimum atomic E-state index is 0.306. The maximum absolute atomic E-state index is 5.72. The molecule has 0 saturated carbocycles. The number of aryl methyl sites for hydroxylation is 2. The fraction of sp³-hybridized carbons (Fsp3) is 0.385. The van der Waals surface area contributed by atoms with E-state index in [4.69, 9.17) is 11.6 Å². The van der Waals surface area contributed by atoms with Crippen LogP contribution < -0.4 is 5.32 Å². The molecule has 0 aromatic heterocycles. The molecule has 82 valence electrons. The Morgan fingerprint density at radius 2 is 2.13 bits per heavy atom. The van der Waals surface area contributed by atoms with Crippen LogP contribution in [0.2, 0.25) is 0 Å². The van der Waals surface area contributed by atoms with Crippen LogP contribution in [-0.4, -0.2) is 6.54 Å². The molecule has 2 heteroatoms. The summed E-state index contributed by atoms with van der Waals surface area (Å²) in [5.41, 5.74) is 3.92. The highest BCUT2D eigenvalue weighted by Gasteiger charge is 2.07. The molecule has 0 radical (unpaired) electrons. The van der Waals surface area contributed by atoms with E-state index in [2.05, 4.69) is 50.9 Å². The summed E-state index contributed by atoms with van der Waals surface area (Å²) < 4.78 is 0. The van der Waals surface area contributed by atoms with Gasteiger partial charge >= 0.3 is 0 Å². The molecule has 1 rings (SSSR count). The molecule has 0 amide bonds. The van der Waals surface area contributed by atoms with Crippen LogP contribution in [0.5, 0.6) is 0 Å². The van der Waals surface area contributed by atoms with Crippen LogP contribution >= 0.6 is 11.6 Å². The highest BCUT2D eigenvalue weighted by atomic mass is 35.5. The Morgan fingerprint density at radius 3 is 2.73 bits per heavy atom. The summed E-state index contributed by atoms with van der Waals surface area (Å²) >= 11 is 5.72. The van der Waals surface area contributed by atoms with Crippen LogP contribution in [0.25, 0.3) is 0 Å². The first-order chi connectivity index (χ1) is 7.00. The van der Waals surface area contributed by atoms with Gasteiger partial charge in [0.25, 0.3) is 0 Å². The summed E-state index contributed by atoms with van der Waals surface area (Å²) in [6, 6.07) is 6.80. The van der Waals surface area contributed by atoms with Crippen molar-refractivity contribution in [2.45, 2.75) is 26.8 Å². The zero-order valence-electron chi connectivity index (χ0n) is 9.60. The number of hydrogen-bond donors (Lipinski definition) is 1. The first-order valence-corrected chi connectivity index (χ1v) is 5.52. The average Bonchev–Trinajstić information content (AvgIpc) is 2.18. The van der Waals surface area contributed by atoms with Crippen LogP contribution in [0.15, 0.2) is 29.8 Å². The Kier molecular flexibility index (Phi) is 4.37. The van der Waals surface area contributed by atoms with Crippen LogP contribution in [0.1, 0.15) is 29.7 Å². The van der Waals surface area contributed by atoms with E-state index in [1.54, 1.807) is 0 Å². The Balaban J connectivity index is 2.76. The summed E-state index contributed by atoms with van der Waals surface area (Å²) in [5, 5.41) is 3.98. The average molecular weight is 224 g/mol. The minimum absolute atomic E-state index is 0.306. The van der Waals surface area contributed by atoms with Crippen LogP contribution in [0.3, 0.4) is 0 Å². The van der Waals surface area contributed by atoms with E-state index < -0.39 is 0 Å². The van der Waals surface area contributed by atoms with E-state index in [1.165, 1.54) is 16.7 Å². The number of nitrogens with one attached hydrogen (secondary N) is 1. The molecule has 0 spiro atoms. The van der Waals surface area contributed by atoms with Gasteiger partial charge < -0.3 is 5.32 Å². The van der Waals surface area contributed by atoms with Gasteiger partial charge in [-0.1, -0.05) is 41.9 Å². The van der Waals surface area contributed by atoms with Gasteiger partial charge in [-0.25, -0.2) is 0 Å².